The van der Waals surface area contributed by atoms with E-state index in [1.54, 1.807) is 55.9 Å². The molecule has 0 radical (unpaired) electrons. The fourth-order valence-corrected chi connectivity index (χ4v) is 5.00. The van der Waals surface area contributed by atoms with Crippen LogP contribution in [0.15, 0.2) is 72.6 Å². The van der Waals surface area contributed by atoms with Gasteiger partial charge in [-0.2, -0.15) is 0 Å². The zero-order valence-corrected chi connectivity index (χ0v) is 18.7. The van der Waals surface area contributed by atoms with Crippen molar-refractivity contribution in [1.29, 1.82) is 0 Å². The molecule has 0 spiro atoms. The van der Waals surface area contributed by atoms with Gasteiger partial charge in [0.2, 0.25) is 0 Å². The quantitative estimate of drug-likeness (QED) is 0.273. The third-order valence-corrected chi connectivity index (χ3v) is 6.56. The predicted octanol–water partition coefficient (Wildman–Crippen LogP) is 4.63. The Labute approximate surface area is 193 Å². The lowest BCUT2D eigenvalue weighted by Crippen LogP contribution is -2.29. The zero-order valence-electron chi connectivity index (χ0n) is 17.9. The molecule has 0 bridgehead atoms. The molecule has 5 rings (SSSR count). The minimum Gasteiger partial charge on any atom is -0.507 e. The van der Waals surface area contributed by atoms with Crippen LogP contribution in [-0.4, -0.2) is 33.9 Å². The molecule has 1 N–H and O–H groups in total. The average Bonchev–Trinajstić information content (AvgIpc) is 3.37. The summed E-state index contributed by atoms with van der Waals surface area (Å²) in [5.74, 6) is -1.16. The summed E-state index contributed by atoms with van der Waals surface area (Å²) in [6.07, 6.45) is 3.20. The molecule has 3 heterocycles. The molecule has 1 saturated heterocycles. The second-order valence-corrected chi connectivity index (χ2v) is 8.66. The van der Waals surface area contributed by atoms with Crippen LogP contribution in [0, 0.1) is 6.92 Å². The molecule has 1 aliphatic rings. The SMILES string of the molecule is COc1ccc(/C(O)=C2/C(=O)C(=O)N(c3nc4ccc(C)cc4s3)C2c2cccnc2)cc1. The Morgan fingerprint density at radius 1 is 1.12 bits per heavy atom. The Bertz CT molecular complexity index is 1410. The van der Waals surface area contributed by atoms with Crippen molar-refractivity contribution in [1.82, 2.24) is 9.97 Å². The number of aliphatic hydroxyl groups excluding tert-OH is 1. The zero-order chi connectivity index (χ0) is 23.1. The number of carbonyl (C=O) groups excluding carboxylic acids is 2. The number of aromatic nitrogens is 2. The number of aliphatic hydroxyl groups is 1. The molecule has 33 heavy (non-hydrogen) atoms. The van der Waals surface area contributed by atoms with Crippen LogP contribution >= 0.6 is 11.3 Å². The van der Waals surface area contributed by atoms with Crippen LogP contribution in [0.4, 0.5) is 5.13 Å². The Morgan fingerprint density at radius 3 is 2.61 bits per heavy atom. The van der Waals surface area contributed by atoms with Gasteiger partial charge in [0.25, 0.3) is 5.78 Å². The van der Waals surface area contributed by atoms with Gasteiger partial charge in [0, 0.05) is 18.0 Å². The molecule has 0 saturated carbocycles. The minimum absolute atomic E-state index is 0.00592. The summed E-state index contributed by atoms with van der Waals surface area (Å²) < 4.78 is 6.08. The maximum Gasteiger partial charge on any atom is 0.301 e. The van der Waals surface area contributed by atoms with Gasteiger partial charge in [0.15, 0.2) is 5.13 Å². The van der Waals surface area contributed by atoms with Crippen molar-refractivity contribution in [2.24, 2.45) is 0 Å². The summed E-state index contributed by atoms with van der Waals surface area (Å²) >= 11 is 1.33. The van der Waals surface area contributed by atoms with E-state index < -0.39 is 17.7 Å². The lowest BCUT2D eigenvalue weighted by molar-refractivity contribution is -0.132. The number of aryl methyl sites for hydroxylation is 1. The molecule has 1 fully saturated rings. The van der Waals surface area contributed by atoms with Gasteiger partial charge in [0.05, 0.1) is 28.9 Å². The first-order valence-electron chi connectivity index (χ1n) is 10.2. The average molecular weight is 458 g/mol. The van der Waals surface area contributed by atoms with Gasteiger partial charge in [0.1, 0.15) is 11.5 Å². The van der Waals surface area contributed by atoms with Gasteiger partial charge in [-0.15, -0.1) is 0 Å². The van der Waals surface area contributed by atoms with E-state index in [4.69, 9.17) is 4.74 Å². The summed E-state index contributed by atoms with van der Waals surface area (Å²) in [5, 5.41) is 11.5. The van der Waals surface area contributed by atoms with Crippen molar-refractivity contribution in [2.75, 3.05) is 12.0 Å². The van der Waals surface area contributed by atoms with Gasteiger partial charge < -0.3 is 9.84 Å². The van der Waals surface area contributed by atoms with Gasteiger partial charge in [-0.3, -0.25) is 19.5 Å². The number of hydrogen-bond acceptors (Lipinski definition) is 7. The highest BCUT2D eigenvalue weighted by atomic mass is 32.1. The van der Waals surface area contributed by atoms with Crippen molar-refractivity contribution < 1.29 is 19.4 Å². The monoisotopic (exact) mass is 457 g/mol. The smallest absolute Gasteiger partial charge is 0.301 e. The van der Waals surface area contributed by atoms with Gasteiger partial charge in [-0.1, -0.05) is 23.5 Å². The van der Waals surface area contributed by atoms with Crippen LogP contribution < -0.4 is 9.64 Å². The Kier molecular flexibility index (Phi) is 5.14. The Balaban J connectivity index is 1.70. The molecule has 4 aromatic rings. The number of ketones is 1. The van der Waals surface area contributed by atoms with E-state index in [0.29, 0.717) is 22.0 Å². The Morgan fingerprint density at radius 2 is 1.91 bits per heavy atom. The van der Waals surface area contributed by atoms with Crippen LogP contribution in [0.3, 0.4) is 0 Å². The number of pyridine rings is 1. The van der Waals surface area contributed by atoms with Crippen LogP contribution in [-0.2, 0) is 9.59 Å². The van der Waals surface area contributed by atoms with Crippen LogP contribution in [0.5, 0.6) is 5.75 Å². The molecule has 7 nitrogen and oxygen atoms in total. The van der Waals surface area contributed by atoms with Crippen molar-refractivity contribution in [2.45, 2.75) is 13.0 Å². The van der Waals surface area contributed by atoms with Crippen molar-refractivity contribution >= 4 is 44.1 Å². The van der Waals surface area contributed by atoms with E-state index >= 15 is 0 Å². The number of amides is 1. The molecule has 164 valence electrons. The maximum atomic E-state index is 13.2. The van der Waals surface area contributed by atoms with Gasteiger partial charge in [-0.05, 0) is 60.5 Å². The Hall–Kier alpha value is -4.04. The van der Waals surface area contributed by atoms with E-state index in [9.17, 15) is 14.7 Å². The fraction of sp³-hybridized carbons (Fsp3) is 0.120. The summed E-state index contributed by atoms with van der Waals surface area (Å²) in [6.45, 7) is 1.98. The highest BCUT2D eigenvalue weighted by Crippen LogP contribution is 2.44. The number of fused-ring (bicyclic) bond motifs is 1. The minimum atomic E-state index is -0.859. The molecule has 2 aromatic heterocycles. The first-order chi connectivity index (χ1) is 16.0. The first-order valence-corrected chi connectivity index (χ1v) is 11.0. The number of methoxy groups -OCH3 is 1. The number of rotatable bonds is 4. The third kappa shape index (κ3) is 3.54. The van der Waals surface area contributed by atoms with Crippen LogP contribution in [0.25, 0.3) is 16.0 Å². The van der Waals surface area contributed by atoms with Crippen molar-refractivity contribution in [3.05, 3.63) is 89.3 Å². The van der Waals surface area contributed by atoms with Gasteiger partial charge in [-0.25, -0.2) is 4.98 Å². The van der Waals surface area contributed by atoms with E-state index in [1.807, 2.05) is 25.1 Å². The number of hydrogen-bond donors (Lipinski definition) is 1. The molecule has 8 heteroatoms. The standard InChI is InChI=1S/C25H19N3O4S/c1-14-5-10-18-19(12-14)33-25(27-18)28-21(16-4-3-11-26-13-16)20(23(30)24(28)31)22(29)15-6-8-17(32-2)9-7-15/h3-13,21,29H,1-2H3/b22-20-. The number of nitrogens with zero attached hydrogens (tertiary/aromatic N) is 3. The van der Waals surface area contributed by atoms with Crippen molar-refractivity contribution in [3.63, 3.8) is 0 Å². The van der Waals surface area contributed by atoms with Gasteiger partial charge >= 0.3 is 5.91 Å². The number of anilines is 1. The van der Waals surface area contributed by atoms with Crippen molar-refractivity contribution in [3.8, 4) is 5.75 Å². The molecule has 1 aliphatic heterocycles. The number of Topliss-reactive ketones (excluding diaryl/α,β-unsaturated/α-hetero) is 1. The normalized spacial score (nSPS) is 17.6. The maximum absolute atomic E-state index is 13.2. The lowest BCUT2D eigenvalue weighted by atomic mass is 9.96. The highest BCUT2D eigenvalue weighted by Gasteiger charge is 2.48. The summed E-state index contributed by atoms with van der Waals surface area (Å²) in [6, 6.07) is 15.1. The second kappa shape index (κ2) is 8.14. The molecular formula is C25H19N3O4S. The predicted molar refractivity (Wildman–Crippen MR) is 126 cm³/mol. The van der Waals surface area contributed by atoms with E-state index in [2.05, 4.69) is 9.97 Å². The molecular weight excluding hydrogens is 438 g/mol. The molecule has 2 aromatic carbocycles. The topological polar surface area (TPSA) is 92.6 Å². The highest BCUT2D eigenvalue weighted by molar-refractivity contribution is 7.22. The molecule has 1 amide bonds. The largest absolute Gasteiger partial charge is 0.507 e. The molecule has 1 unspecified atom stereocenters. The number of carbonyl (C=O) groups is 2. The van der Waals surface area contributed by atoms with Crippen LogP contribution in [0.1, 0.15) is 22.7 Å². The second-order valence-electron chi connectivity index (χ2n) is 7.65. The number of thiazole rings is 1. The summed E-state index contributed by atoms with van der Waals surface area (Å²) in [7, 11) is 1.54. The summed E-state index contributed by atoms with van der Waals surface area (Å²) in [5.41, 5.74) is 2.81. The molecule has 1 atom stereocenters. The summed E-state index contributed by atoms with van der Waals surface area (Å²) in [4.78, 5) is 36.6. The number of benzene rings is 2. The number of ether oxygens (including phenoxy) is 1. The fourth-order valence-electron chi connectivity index (χ4n) is 3.91. The molecule has 0 aliphatic carbocycles. The van der Waals surface area contributed by atoms with E-state index in [0.717, 1.165) is 15.8 Å². The first kappa shape index (κ1) is 20.8. The van der Waals surface area contributed by atoms with Crippen LogP contribution in [0.2, 0.25) is 0 Å². The van der Waals surface area contributed by atoms with E-state index in [1.165, 1.54) is 16.2 Å². The third-order valence-electron chi connectivity index (χ3n) is 5.55. The van der Waals surface area contributed by atoms with E-state index in [-0.39, 0.29) is 11.3 Å². The lowest BCUT2D eigenvalue weighted by Gasteiger charge is -2.22.